The number of aryl methyl sites for hydroxylation is 1. The SMILES string of the molecule is CCCCCCCNCCC[C@@H](Cc1ncn2c1CCc1ccccc1-2)C(=O)O.Cl.Cl. The lowest BCUT2D eigenvalue weighted by Crippen LogP contribution is -2.22. The van der Waals surface area contributed by atoms with Crippen LogP contribution in [0.3, 0.4) is 0 Å². The molecule has 2 aromatic rings. The number of hydrogen-bond acceptors (Lipinski definition) is 3. The summed E-state index contributed by atoms with van der Waals surface area (Å²) in [5.41, 5.74) is 4.65. The molecular formula is C24H37Cl2N3O2. The molecule has 2 N–H and O–H groups in total. The van der Waals surface area contributed by atoms with Crippen molar-refractivity contribution in [3.05, 3.63) is 47.5 Å². The quantitative estimate of drug-likeness (QED) is 0.385. The minimum Gasteiger partial charge on any atom is -0.481 e. The monoisotopic (exact) mass is 469 g/mol. The maximum absolute atomic E-state index is 11.8. The third-order valence-electron chi connectivity index (χ3n) is 5.99. The normalized spacial score (nSPS) is 12.8. The molecule has 1 aromatic heterocycles. The predicted molar refractivity (Wildman–Crippen MR) is 131 cm³/mol. The van der Waals surface area contributed by atoms with Crippen molar-refractivity contribution in [3.63, 3.8) is 0 Å². The molecule has 0 saturated carbocycles. The second kappa shape index (κ2) is 14.5. The Balaban J connectivity index is 0.00000240. The van der Waals surface area contributed by atoms with Crippen molar-refractivity contribution in [3.8, 4) is 5.69 Å². The molecule has 31 heavy (non-hydrogen) atoms. The predicted octanol–water partition coefficient (Wildman–Crippen LogP) is 5.40. The van der Waals surface area contributed by atoms with Crippen molar-refractivity contribution < 1.29 is 9.90 Å². The fourth-order valence-corrected chi connectivity index (χ4v) is 4.26. The second-order valence-corrected chi connectivity index (χ2v) is 8.18. The van der Waals surface area contributed by atoms with E-state index in [-0.39, 0.29) is 30.7 Å². The van der Waals surface area contributed by atoms with Crippen molar-refractivity contribution in [2.45, 2.75) is 71.1 Å². The van der Waals surface area contributed by atoms with E-state index in [1.807, 2.05) is 12.4 Å². The Morgan fingerprint density at radius 3 is 2.61 bits per heavy atom. The van der Waals surface area contributed by atoms with Gasteiger partial charge in [-0.25, -0.2) is 4.98 Å². The van der Waals surface area contributed by atoms with Gasteiger partial charge in [0.25, 0.3) is 0 Å². The zero-order chi connectivity index (χ0) is 20.5. The molecule has 0 amide bonds. The van der Waals surface area contributed by atoms with Gasteiger partial charge >= 0.3 is 5.97 Å². The summed E-state index contributed by atoms with van der Waals surface area (Å²) in [6.07, 6.45) is 12.3. The largest absolute Gasteiger partial charge is 0.481 e. The zero-order valence-corrected chi connectivity index (χ0v) is 20.1. The second-order valence-electron chi connectivity index (χ2n) is 8.18. The molecule has 1 aliphatic rings. The van der Waals surface area contributed by atoms with Crippen LogP contribution < -0.4 is 5.32 Å². The third-order valence-corrected chi connectivity index (χ3v) is 5.99. The molecule has 0 aliphatic carbocycles. The zero-order valence-electron chi connectivity index (χ0n) is 18.5. The molecule has 0 fully saturated rings. The number of carbonyl (C=O) groups is 1. The van der Waals surface area contributed by atoms with E-state index in [9.17, 15) is 9.90 Å². The summed E-state index contributed by atoms with van der Waals surface area (Å²) in [5.74, 6) is -1.07. The molecule has 1 aromatic carbocycles. The van der Waals surface area contributed by atoms with E-state index >= 15 is 0 Å². The van der Waals surface area contributed by atoms with Gasteiger partial charge in [0.2, 0.25) is 0 Å². The summed E-state index contributed by atoms with van der Waals surface area (Å²) in [4.78, 5) is 16.4. The summed E-state index contributed by atoms with van der Waals surface area (Å²) in [6, 6.07) is 8.40. The van der Waals surface area contributed by atoms with Gasteiger partial charge in [0.1, 0.15) is 0 Å². The van der Waals surface area contributed by atoms with Gasteiger partial charge in [0, 0.05) is 17.8 Å². The average molecular weight is 470 g/mol. The van der Waals surface area contributed by atoms with Gasteiger partial charge in [-0.15, -0.1) is 24.8 Å². The van der Waals surface area contributed by atoms with Crippen LogP contribution in [0.25, 0.3) is 5.69 Å². The molecular weight excluding hydrogens is 433 g/mol. The van der Waals surface area contributed by atoms with Gasteiger partial charge in [0.05, 0.1) is 17.9 Å². The molecule has 2 heterocycles. The Labute approximate surface area is 198 Å². The summed E-state index contributed by atoms with van der Waals surface area (Å²) in [5, 5.41) is 13.2. The van der Waals surface area contributed by atoms with Crippen LogP contribution >= 0.6 is 24.8 Å². The number of rotatable bonds is 13. The molecule has 0 unspecified atom stereocenters. The first-order valence-corrected chi connectivity index (χ1v) is 11.3. The highest BCUT2D eigenvalue weighted by molar-refractivity contribution is 5.85. The smallest absolute Gasteiger partial charge is 0.306 e. The van der Waals surface area contributed by atoms with Gasteiger partial charge in [0.15, 0.2) is 0 Å². The van der Waals surface area contributed by atoms with Crippen molar-refractivity contribution in [1.82, 2.24) is 14.9 Å². The van der Waals surface area contributed by atoms with Gasteiger partial charge in [-0.05, 0) is 56.8 Å². The van der Waals surface area contributed by atoms with E-state index in [2.05, 4.69) is 40.0 Å². The van der Waals surface area contributed by atoms with E-state index in [0.717, 1.165) is 38.0 Å². The molecule has 174 valence electrons. The Kier molecular flexibility index (Phi) is 12.8. The van der Waals surface area contributed by atoms with Gasteiger partial charge in [-0.1, -0.05) is 50.8 Å². The Morgan fingerprint density at radius 2 is 1.84 bits per heavy atom. The van der Waals surface area contributed by atoms with Gasteiger partial charge < -0.3 is 15.0 Å². The minimum absolute atomic E-state index is 0. The Morgan fingerprint density at radius 1 is 1.10 bits per heavy atom. The van der Waals surface area contributed by atoms with Crippen molar-refractivity contribution in [2.24, 2.45) is 5.92 Å². The third kappa shape index (κ3) is 7.81. The molecule has 1 atom stereocenters. The number of carboxylic acids is 1. The number of benzene rings is 1. The fourth-order valence-electron chi connectivity index (χ4n) is 4.26. The number of hydrogen-bond donors (Lipinski definition) is 2. The highest BCUT2D eigenvalue weighted by Crippen LogP contribution is 2.28. The number of fused-ring (bicyclic) bond motifs is 3. The van der Waals surface area contributed by atoms with Crippen LogP contribution in [0.1, 0.15) is 68.8 Å². The van der Waals surface area contributed by atoms with E-state index in [1.165, 1.54) is 49.0 Å². The number of aromatic nitrogens is 2. The lowest BCUT2D eigenvalue weighted by Gasteiger charge is -2.20. The number of carboxylic acid groups (broad SMARTS) is 1. The first kappa shape index (κ1) is 27.5. The molecule has 5 nitrogen and oxygen atoms in total. The lowest BCUT2D eigenvalue weighted by molar-refractivity contribution is -0.142. The maximum Gasteiger partial charge on any atom is 0.306 e. The van der Waals surface area contributed by atoms with Gasteiger partial charge in [-0.3, -0.25) is 4.79 Å². The summed E-state index contributed by atoms with van der Waals surface area (Å²) >= 11 is 0. The number of nitrogens with one attached hydrogen (secondary N) is 1. The van der Waals surface area contributed by atoms with Crippen LogP contribution in [-0.2, 0) is 24.1 Å². The van der Waals surface area contributed by atoms with E-state index in [0.29, 0.717) is 12.8 Å². The van der Waals surface area contributed by atoms with Crippen LogP contribution in [0.2, 0.25) is 0 Å². The van der Waals surface area contributed by atoms with E-state index in [4.69, 9.17) is 0 Å². The molecule has 7 heteroatoms. The van der Waals surface area contributed by atoms with Crippen LogP contribution in [0.5, 0.6) is 0 Å². The van der Waals surface area contributed by atoms with E-state index < -0.39 is 5.97 Å². The van der Waals surface area contributed by atoms with Crippen LogP contribution in [0, 0.1) is 5.92 Å². The molecule has 3 rings (SSSR count). The van der Waals surface area contributed by atoms with E-state index in [1.54, 1.807) is 0 Å². The number of nitrogens with zero attached hydrogens (tertiary/aromatic N) is 2. The molecule has 0 radical (unpaired) electrons. The van der Waals surface area contributed by atoms with Crippen LogP contribution in [-0.4, -0.2) is 33.7 Å². The molecule has 0 bridgehead atoms. The fraction of sp³-hybridized carbons (Fsp3) is 0.583. The Bertz CT molecular complexity index is 795. The molecule has 1 aliphatic heterocycles. The topological polar surface area (TPSA) is 67.2 Å². The minimum atomic E-state index is -0.706. The number of aliphatic carboxylic acids is 1. The van der Waals surface area contributed by atoms with Gasteiger partial charge in [-0.2, -0.15) is 0 Å². The summed E-state index contributed by atoms with van der Waals surface area (Å²) in [7, 11) is 0. The maximum atomic E-state index is 11.8. The molecule has 0 saturated heterocycles. The number of unbranched alkanes of at least 4 members (excludes halogenated alkanes) is 4. The first-order valence-electron chi connectivity index (χ1n) is 11.3. The summed E-state index contributed by atoms with van der Waals surface area (Å²) < 4.78 is 2.15. The molecule has 0 spiro atoms. The standard InChI is InChI=1S/C24H35N3O2.2ClH/c1-2-3-4-5-8-15-25-16-9-11-20(24(28)29)17-21-23-14-13-19-10-6-7-12-22(19)27(23)18-26-21;;/h6-7,10,12,18,20,25H,2-5,8-9,11,13-17H2,1H3,(H,28,29);2*1H/t20-;;/m0../s1. The van der Waals surface area contributed by atoms with Crippen molar-refractivity contribution in [2.75, 3.05) is 13.1 Å². The highest BCUT2D eigenvalue weighted by Gasteiger charge is 2.24. The highest BCUT2D eigenvalue weighted by atomic mass is 35.5. The van der Waals surface area contributed by atoms with Crippen LogP contribution in [0.15, 0.2) is 30.6 Å². The summed E-state index contributed by atoms with van der Waals surface area (Å²) in [6.45, 7) is 4.16. The van der Waals surface area contributed by atoms with Crippen LogP contribution in [0.4, 0.5) is 0 Å². The lowest BCUT2D eigenvalue weighted by atomic mass is 9.94. The first-order chi connectivity index (χ1) is 14.2. The number of imidazole rings is 1. The van der Waals surface area contributed by atoms with Crippen molar-refractivity contribution in [1.29, 1.82) is 0 Å². The van der Waals surface area contributed by atoms with Crippen molar-refractivity contribution >= 4 is 30.8 Å². The average Bonchev–Trinajstić information content (AvgIpc) is 3.15. The Hall–Kier alpha value is -1.56. The number of halogens is 2. The number of para-hydroxylation sites is 1.